The number of imide groups is 1. The summed E-state index contributed by atoms with van der Waals surface area (Å²) in [6.45, 7) is 4.10. The van der Waals surface area contributed by atoms with Crippen LogP contribution in [0, 0.1) is 5.92 Å². The minimum absolute atomic E-state index is 0.0333. The van der Waals surface area contributed by atoms with E-state index < -0.39 is 6.03 Å². The van der Waals surface area contributed by atoms with Crippen molar-refractivity contribution >= 4 is 17.8 Å². The van der Waals surface area contributed by atoms with Crippen LogP contribution in [-0.4, -0.2) is 48.4 Å². The zero-order valence-electron chi connectivity index (χ0n) is 13.7. The largest absolute Gasteiger partial charge is 0.348 e. The molecular weight excluding hydrogens is 308 g/mol. The van der Waals surface area contributed by atoms with Crippen LogP contribution in [0.1, 0.15) is 29.3 Å². The van der Waals surface area contributed by atoms with Crippen molar-refractivity contribution in [1.29, 1.82) is 0 Å². The van der Waals surface area contributed by atoms with E-state index in [1.165, 1.54) is 0 Å². The topological polar surface area (TPSA) is 90.5 Å². The van der Waals surface area contributed by atoms with E-state index in [-0.39, 0.29) is 30.9 Å². The Morgan fingerprint density at radius 3 is 2.92 bits per heavy atom. The van der Waals surface area contributed by atoms with Gasteiger partial charge >= 0.3 is 6.03 Å². The molecule has 2 atom stereocenters. The maximum absolute atomic E-state index is 12.5. The number of piperidine rings is 1. The van der Waals surface area contributed by atoms with Gasteiger partial charge in [-0.25, -0.2) is 4.79 Å². The Morgan fingerprint density at radius 2 is 2.21 bits per heavy atom. The molecule has 0 saturated carbocycles. The van der Waals surface area contributed by atoms with Crippen molar-refractivity contribution in [2.24, 2.45) is 5.92 Å². The number of amides is 4. The fourth-order valence-corrected chi connectivity index (χ4v) is 3.04. The quantitative estimate of drug-likeness (QED) is 0.700. The van der Waals surface area contributed by atoms with E-state index in [0.717, 1.165) is 30.0 Å². The van der Waals surface area contributed by atoms with Gasteiger partial charge < -0.3 is 16.0 Å². The third-order valence-corrected chi connectivity index (χ3v) is 4.61. The molecule has 2 saturated heterocycles. The molecule has 1 aromatic rings. The van der Waals surface area contributed by atoms with Crippen LogP contribution in [0.25, 0.3) is 0 Å². The van der Waals surface area contributed by atoms with Crippen molar-refractivity contribution in [3.8, 4) is 0 Å². The first-order valence-electron chi connectivity index (χ1n) is 8.23. The van der Waals surface area contributed by atoms with Gasteiger partial charge in [-0.3, -0.25) is 14.5 Å². The van der Waals surface area contributed by atoms with Crippen LogP contribution in [0.15, 0.2) is 24.3 Å². The van der Waals surface area contributed by atoms with Gasteiger partial charge in [0.05, 0.1) is 13.1 Å². The van der Waals surface area contributed by atoms with Gasteiger partial charge in [-0.2, -0.15) is 0 Å². The van der Waals surface area contributed by atoms with Gasteiger partial charge in [0.1, 0.15) is 0 Å². The predicted octanol–water partition coefficient (Wildman–Crippen LogP) is 0.466. The predicted molar refractivity (Wildman–Crippen MR) is 88.3 cm³/mol. The van der Waals surface area contributed by atoms with Crippen molar-refractivity contribution in [1.82, 2.24) is 20.9 Å². The molecule has 2 aliphatic heterocycles. The van der Waals surface area contributed by atoms with Crippen LogP contribution in [0.5, 0.6) is 0 Å². The molecule has 2 unspecified atom stereocenters. The fraction of sp³-hybridized carbons (Fsp3) is 0.471. The molecule has 2 fully saturated rings. The van der Waals surface area contributed by atoms with Gasteiger partial charge in [-0.1, -0.05) is 19.1 Å². The minimum atomic E-state index is -0.392. The minimum Gasteiger partial charge on any atom is -0.348 e. The molecule has 24 heavy (non-hydrogen) atoms. The monoisotopic (exact) mass is 330 g/mol. The molecule has 0 aliphatic carbocycles. The number of urea groups is 1. The lowest BCUT2D eigenvalue weighted by atomic mass is 9.94. The highest BCUT2D eigenvalue weighted by Crippen LogP contribution is 2.14. The molecule has 3 rings (SSSR count). The van der Waals surface area contributed by atoms with Gasteiger partial charge in [0.15, 0.2) is 0 Å². The number of rotatable bonds is 4. The van der Waals surface area contributed by atoms with Crippen molar-refractivity contribution in [2.45, 2.75) is 25.9 Å². The number of hydrogen-bond donors (Lipinski definition) is 3. The second-order valence-corrected chi connectivity index (χ2v) is 6.39. The molecule has 0 aromatic heterocycles. The number of benzene rings is 1. The zero-order chi connectivity index (χ0) is 17.1. The van der Waals surface area contributed by atoms with Crippen LogP contribution in [0.4, 0.5) is 4.79 Å². The van der Waals surface area contributed by atoms with Gasteiger partial charge in [0.2, 0.25) is 5.91 Å². The van der Waals surface area contributed by atoms with E-state index in [4.69, 9.17) is 0 Å². The Morgan fingerprint density at radius 1 is 1.38 bits per heavy atom. The normalized spacial score (nSPS) is 24.0. The zero-order valence-corrected chi connectivity index (χ0v) is 13.7. The highest BCUT2D eigenvalue weighted by Gasteiger charge is 2.28. The molecule has 2 aliphatic rings. The molecule has 4 amide bonds. The molecule has 1 aromatic carbocycles. The van der Waals surface area contributed by atoms with Crippen molar-refractivity contribution in [3.63, 3.8) is 0 Å². The van der Waals surface area contributed by atoms with Crippen molar-refractivity contribution < 1.29 is 14.4 Å². The van der Waals surface area contributed by atoms with Gasteiger partial charge in [0.25, 0.3) is 5.91 Å². The first-order chi connectivity index (χ1) is 11.5. The number of carbonyl (C=O) groups excluding carboxylic acids is 3. The third-order valence-electron chi connectivity index (χ3n) is 4.61. The van der Waals surface area contributed by atoms with Crippen LogP contribution in [0.2, 0.25) is 0 Å². The lowest BCUT2D eigenvalue weighted by Crippen LogP contribution is -2.50. The summed E-state index contributed by atoms with van der Waals surface area (Å²) in [5.74, 6) is 0.0517. The van der Waals surface area contributed by atoms with Gasteiger partial charge in [-0.15, -0.1) is 0 Å². The Bertz CT molecular complexity index is 645. The summed E-state index contributed by atoms with van der Waals surface area (Å²) in [4.78, 5) is 36.9. The summed E-state index contributed by atoms with van der Waals surface area (Å²) in [6, 6.07) is 6.77. The Balaban J connectivity index is 1.67. The number of nitrogens with zero attached hydrogens (tertiary/aromatic N) is 1. The van der Waals surface area contributed by atoms with Crippen molar-refractivity contribution in [2.75, 3.05) is 19.6 Å². The SMILES string of the molecule is CC1CCNCC1NC(=O)c1cccc(CN2C(=O)CNC2=O)c1. The lowest BCUT2D eigenvalue weighted by molar-refractivity contribution is -0.125. The van der Waals surface area contributed by atoms with E-state index in [2.05, 4.69) is 22.9 Å². The second-order valence-electron chi connectivity index (χ2n) is 6.39. The van der Waals surface area contributed by atoms with Crippen molar-refractivity contribution in [3.05, 3.63) is 35.4 Å². The number of nitrogens with one attached hydrogen (secondary N) is 3. The van der Waals surface area contributed by atoms with Gasteiger partial charge in [-0.05, 0) is 36.6 Å². The summed E-state index contributed by atoms with van der Waals surface area (Å²) in [7, 11) is 0. The number of hydrogen-bond acceptors (Lipinski definition) is 4. The molecule has 3 N–H and O–H groups in total. The first-order valence-corrected chi connectivity index (χ1v) is 8.23. The van der Waals surface area contributed by atoms with Gasteiger partial charge in [0, 0.05) is 18.2 Å². The third kappa shape index (κ3) is 3.56. The molecule has 128 valence electrons. The first kappa shape index (κ1) is 16.4. The number of carbonyl (C=O) groups is 3. The van der Waals surface area contributed by atoms with E-state index in [1.807, 2.05) is 0 Å². The second kappa shape index (κ2) is 7.00. The Hall–Kier alpha value is -2.41. The van der Waals surface area contributed by atoms with E-state index in [0.29, 0.717) is 11.5 Å². The standard InChI is InChI=1S/C17H22N4O3/c1-11-5-6-18-8-14(11)20-16(23)13-4-2-3-12(7-13)10-21-15(22)9-19-17(21)24/h2-4,7,11,14,18H,5-6,8-10H2,1H3,(H,19,24)(H,20,23). The summed E-state index contributed by atoms with van der Waals surface area (Å²) in [5, 5.41) is 8.84. The summed E-state index contributed by atoms with van der Waals surface area (Å²) in [5.41, 5.74) is 1.29. The van der Waals surface area contributed by atoms with Crippen LogP contribution in [-0.2, 0) is 11.3 Å². The average molecular weight is 330 g/mol. The maximum Gasteiger partial charge on any atom is 0.324 e. The summed E-state index contributed by atoms with van der Waals surface area (Å²) >= 11 is 0. The van der Waals surface area contributed by atoms with E-state index in [9.17, 15) is 14.4 Å². The highest BCUT2D eigenvalue weighted by atomic mass is 16.2. The summed E-state index contributed by atoms with van der Waals surface area (Å²) in [6.07, 6.45) is 1.04. The lowest BCUT2D eigenvalue weighted by Gasteiger charge is -2.30. The molecule has 7 heteroatoms. The van der Waals surface area contributed by atoms with E-state index in [1.54, 1.807) is 24.3 Å². The van der Waals surface area contributed by atoms with Crippen LogP contribution >= 0.6 is 0 Å². The molecule has 0 bridgehead atoms. The average Bonchev–Trinajstić information content (AvgIpc) is 2.89. The summed E-state index contributed by atoms with van der Waals surface area (Å²) < 4.78 is 0. The fourth-order valence-electron chi connectivity index (χ4n) is 3.04. The smallest absolute Gasteiger partial charge is 0.324 e. The molecule has 0 spiro atoms. The molecular formula is C17H22N4O3. The maximum atomic E-state index is 12.5. The highest BCUT2D eigenvalue weighted by molar-refractivity contribution is 6.02. The van der Waals surface area contributed by atoms with Crippen LogP contribution < -0.4 is 16.0 Å². The van der Waals surface area contributed by atoms with Crippen LogP contribution in [0.3, 0.4) is 0 Å². The molecule has 2 heterocycles. The molecule has 7 nitrogen and oxygen atoms in total. The molecule has 0 radical (unpaired) electrons. The Kier molecular flexibility index (Phi) is 4.80. The van der Waals surface area contributed by atoms with E-state index >= 15 is 0 Å². The Labute approximate surface area is 140 Å².